The van der Waals surface area contributed by atoms with Crippen molar-refractivity contribution in [1.82, 2.24) is 9.88 Å². The number of likely N-dealkylation sites (tertiary alicyclic amines) is 1. The standard InChI is InChI=1S/C20H27N3O2/c1-2-6-17(21)19-22-18(14-25-19)20(24)23-11-9-16(10-12-23)13-15-7-4-3-5-8-15/h3-5,7-8,14,16-17H,2,6,9-13,21H2,1H3. The minimum Gasteiger partial charge on any atom is -0.446 e. The van der Waals surface area contributed by atoms with Crippen LogP contribution in [0.25, 0.3) is 0 Å². The molecule has 0 spiro atoms. The van der Waals surface area contributed by atoms with Crippen LogP contribution in [0.15, 0.2) is 41.0 Å². The first-order valence-corrected chi connectivity index (χ1v) is 9.21. The molecule has 0 bridgehead atoms. The predicted octanol–water partition coefficient (Wildman–Crippen LogP) is 3.57. The SMILES string of the molecule is CCCC(N)c1nc(C(=O)N2CCC(Cc3ccccc3)CC2)co1. The second-order valence-corrected chi connectivity index (χ2v) is 6.89. The van der Waals surface area contributed by atoms with Crippen LogP contribution in [0.2, 0.25) is 0 Å². The van der Waals surface area contributed by atoms with Gasteiger partial charge in [0.15, 0.2) is 5.69 Å². The Morgan fingerprint density at radius 1 is 1.32 bits per heavy atom. The van der Waals surface area contributed by atoms with Gasteiger partial charge in [-0.2, -0.15) is 0 Å². The number of rotatable bonds is 6. The molecule has 1 atom stereocenters. The van der Waals surface area contributed by atoms with E-state index in [0.29, 0.717) is 17.5 Å². The van der Waals surface area contributed by atoms with Gasteiger partial charge in [-0.3, -0.25) is 4.79 Å². The van der Waals surface area contributed by atoms with Crippen LogP contribution >= 0.6 is 0 Å². The number of nitrogens with zero attached hydrogens (tertiary/aromatic N) is 2. The zero-order valence-electron chi connectivity index (χ0n) is 14.9. The molecule has 3 rings (SSSR count). The van der Waals surface area contributed by atoms with E-state index < -0.39 is 0 Å². The topological polar surface area (TPSA) is 72.4 Å². The van der Waals surface area contributed by atoms with Gasteiger partial charge in [0.1, 0.15) is 6.26 Å². The van der Waals surface area contributed by atoms with E-state index in [0.717, 1.165) is 45.2 Å². The predicted molar refractivity (Wildman–Crippen MR) is 97.1 cm³/mol. The molecule has 1 aromatic heterocycles. The minimum atomic E-state index is -0.233. The average Bonchev–Trinajstić information content (AvgIpc) is 3.13. The zero-order valence-corrected chi connectivity index (χ0v) is 14.9. The summed E-state index contributed by atoms with van der Waals surface area (Å²) >= 11 is 0. The molecule has 1 aliphatic heterocycles. The largest absolute Gasteiger partial charge is 0.446 e. The van der Waals surface area contributed by atoms with Gasteiger partial charge >= 0.3 is 0 Å². The van der Waals surface area contributed by atoms with Gasteiger partial charge in [0.25, 0.3) is 5.91 Å². The summed E-state index contributed by atoms with van der Waals surface area (Å²) < 4.78 is 5.41. The molecule has 2 N–H and O–H groups in total. The van der Waals surface area contributed by atoms with Crippen LogP contribution in [0.1, 0.15) is 60.6 Å². The highest BCUT2D eigenvalue weighted by Gasteiger charge is 2.26. The Morgan fingerprint density at radius 3 is 2.72 bits per heavy atom. The molecule has 25 heavy (non-hydrogen) atoms. The van der Waals surface area contributed by atoms with Crippen LogP contribution < -0.4 is 5.73 Å². The third-order valence-corrected chi connectivity index (χ3v) is 4.93. The van der Waals surface area contributed by atoms with Crippen LogP contribution in [0.3, 0.4) is 0 Å². The monoisotopic (exact) mass is 341 g/mol. The lowest BCUT2D eigenvalue weighted by Crippen LogP contribution is -2.39. The first-order valence-electron chi connectivity index (χ1n) is 9.21. The maximum Gasteiger partial charge on any atom is 0.275 e. The van der Waals surface area contributed by atoms with Crippen molar-refractivity contribution >= 4 is 5.91 Å². The zero-order chi connectivity index (χ0) is 17.6. The molecule has 0 saturated carbocycles. The molecule has 1 saturated heterocycles. The second-order valence-electron chi connectivity index (χ2n) is 6.89. The highest BCUT2D eigenvalue weighted by atomic mass is 16.3. The third-order valence-electron chi connectivity index (χ3n) is 4.93. The number of nitrogens with two attached hydrogens (primary N) is 1. The number of carbonyl (C=O) groups is 1. The van der Waals surface area contributed by atoms with Crippen molar-refractivity contribution < 1.29 is 9.21 Å². The lowest BCUT2D eigenvalue weighted by molar-refractivity contribution is 0.0684. The molecular formula is C20H27N3O2. The fourth-order valence-corrected chi connectivity index (χ4v) is 3.44. The molecule has 5 nitrogen and oxygen atoms in total. The molecule has 1 aliphatic rings. The van der Waals surface area contributed by atoms with Gasteiger partial charge in [0.05, 0.1) is 6.04 Å². The van der Waals surface area contributed by atoms with Crippen molar-refractivity contribution in [3.05, 3.63) is 53.7 Å². The molecule has 5 heteroatoms. The van der Waals surface area contributed by atoms with Crippen molar-refractivity contribution in [3.63, 3.8) is 0 Å². The summed E-state index contributed by atoms with van der Waals surface area (Å²) in [6.07, 6.45) is 6.36. The summed E-state index contributed by atoms with van der Waals surface area (Å²) in [5.41, 5.74) is 7.76. The second kappa shape index (κ2) is 8.30. The molecule has 2 aromatic rings. The van der Waals surface area contributed by atoms with Crippen LogP contribution in [-0.2, 0) is 6.42 Å². The summed E-state index contributed by atoms with van der Waals surface area (Å²) in [5.74, 6) is 1.05. The Balaban J connectivity index is 1.53. The fourth-order valence-electron chi connectivity index (χ4n) is 3.44. The van der Waals surface area contributed by atoms with E-state index >= 15 is 0 Å². The molecule has 0 radical (unpaired) electrons. The Kier molecular flexibility index (Phi) is 5.87. The Labute approximate surface area is 149 Å². The fraction of sp³-hybridized carbons (Fsp3) is 0.500. The van der Waals surface area contributed by atoms with Gasteiger partial charge < -0.3 is 15.1 Å². The molecule has 1 unspecified atom stereocenters. The van der Waals surface area contributed by atoms with Crippen LogP contribution in [0.5, 0.6) is 0 Å². The summed E-state index contributed by atoms with van der Waals surface area (Å²) in [7, 11) is 0. The molecule has 1 fully saturated rings. The van der Waals surface area contributed by atoms with Gasteiger partial charge in [-0.25, -0.2) is 4.98 Å². The summed E-state index contributed by atoms with van der Waals surface area (Å²) in [4.78, 5) is 18.8. The average molecular weight is 341 g/mol. The van der Waals surface area contributed by atoms with Gasteiger partial charge in [-0.15, -0.1) is 0 Å². The molecule has 1 amide bonds. The van der Waals surface area contributed by atoms with Crippen molar-refractivity contribution in [2.75, 3.05) is 13.1 Å². The molecule has 1 aromatic carbocycles. The van der Waals surface area contributed by atoms with Gasteiger partial charge in [0.2, 0.25) is 5.89 Å². The number of benzene rings is 1. The Bertz CT molecular complexity index is 675. The van der Waals surface area contributed by atoms with Gasteiger partial charge in [0, 0.05) is 13.1 Å². The Hall–Kier alpha value is -2.14. The highest BCUT2D eigenvalue weighted by molar-refractivity contribution is 5.92. The normalized spacial score (nSPS) is 16.8. The third kappa shape index (κ3) is 4.48. The van der Waals surface area contributed by atoms with Gasteiger partial charge in [-0.05, 0) is 37.2 Å². The molecular weight excluding hydrogens is 314 g/mol. The molecule has 0 aliphatic carbocycles. The number of hydrogen-bond acceptors (Lipinski definition) is 4. The van der Waals surface area contributed by atoms with Crippen LogP contribution in [-0.4, -0.2) is 28.9 Å². The van der Waals surface area contributed by atoms with E-state index in [1.807, 2.05) is 11.0 Å². The lowest BCUT2D eigenvalue weighted by Gasteiger charge is -2.31. The first kappa shape index (κ1) is 17.7. The van der Waals surface area contributed by atoms with E-state index in [1.165, 1.54) is 11.8 Å². The smallest absolute Gasteiger partial charge is 0.275 e. The maximum atomic E-state index is 12.6. The Morgan fingerprint density at radius 2 is 2.04 bits per heavy atom. The summed E-state index contributed by atoms with van der Waals surface area (Å²) in [6.45, 7) is 3.62. The lowest BCUT2D eigenvalue weighted by atomic mass is 9.90. The number of carbonyl (C=O) groups excluding carboxylic acids is 1. The van der Waals surface area contributed by atoms with E-state index in [1.54, 1.807) is 0 Å². The minimum absolute atomic E-state index is 0.0446. The van der Waals surface area contributed by atoms with E-state index in [2.05, 4.69) is 36.2 Å². The van der Waals surface area contributed by atoms with E-state index in [-0.39, 0.29) is 11.9 Å². The maximum absolute atomic E-state index is 12.6. The number of piperidine rings is 1. The van der Waals surface area contributed by atoms with Crippen LogP contribution in [0.4, 0.5) is 0 Å². The van der Waals surface area contributed by atoms with Crippen molar-refractivity contribution in [2.24, 2.45) is 11.7 Å². The summed E-state index contributed by atoms with van der Waals surface area (Å²) in [6, 6.07) is 10.3. The molecule has 2 heterocycles. The van der Waals surface area contributed by atoms with Crippen molar-refractivity contribution in [1.29, 1.82) is 0 Å². The highest BCUT2D eigenvalue weighted by Crippen LogP contribution is 2.23. The summed E-state index contributed by atoms with van der Waals surface area (Å²) in [5, 5.41) is 0. The van der Waals surface area contributed by atoms with E-state index in [4.69, 9.17) is 10.2 Å². The molecule has 134 valence electrons. The van der Waals surface area contributed by atoms with Gasteiger partial charge in [-0.1, -0.05) is 43.7 Å². The van der Waals surface area contributed by atoms with Crippen LogP contribution in [0, 0.1) is 5.92 Å². The number of hydrogen-bond donors (Lipinski definition) is 1. The quantitative estimate of drug-likeness (QED) is 0.872. The van der Waals surface area contributed by atoms with Crippen molar-refractivity contribution in [3.8, 4) is 0 Å². The number of aromatic nitrogens is 1. The number of amides is 1. The van der Waals surface area contributed by atoms with E-state index in [9.17, 15) is 4.79 Å². The first-order chi connectivity index (χ1) is 12.2. The number of oxazole rings is 1. The van der Waals surface area contributed by atoms with Crippen molar-refractivity contribution in [2.45, 2.75) is 45.1 Å².